The lowest BCUT2D eigenvalue weighted by Crippen LogP contribution is -2.21. The molecule has 90 valence electrons. The maximum atomic E-state index is 10.5. The van der Waals surface area contributed by atoms with Crippen LogP contribution in [0.15, 0.2) is 18.2 Å². The van der Waals surface area contributed by atoms with Crippen molar-refractivity contribution >= 4 is 11.4 Å². The van der Waals surface area contributed by atoms with Crippen LogP contribution >= 0.6 is 0 Å². The highest BCUT2D eigenvalue weighted by molar-refractivity contribution is 5.61. The average molecular weight is 234 g/mol. The fourth-order valence-electron chi connectivity index (χ4n) is 1.35. The van der Waals surface area contributed by atoms with Crippen LogP contribution in [0, 0.1) is 21.4 Å². The molecule has 1 aromatic rings. The minimum Gasteiger partial charge on any atom is -0.383 e. The Hall–Kier alpha value is -2.13. The minimum atomic E-state index is -0.511. The summed E-state index contributed by atoms with van der Waals surface area (Å²) in [6.45, 7) is 4.33. The van der Waals surface area contributed by atoms with Crippen molar-refractivity contribution in [1.82, 2.24) is 5.32 Å². The van der Waals surface area contributed by atoms with Gasteiger partial charge in [0.25, 0.3) is 5.69 Å². The highest BCUT2D eigenvalue weighted by Gasteiger charge is 2.09. The molecule has 6 nitrogen and oxygen atoms in total. The predicted octanol–water partition coefficient (Wildman–Crippen LogP) is 1.49. The van der Waals surface area contributed by atoms with Crippen LogP contribution in [0.2, 0.25) is 0 Å². The van der Waals surface area contributed by atoms with Gasteiger partial charge in [0.2, 0.25) is 0 Å². The molecular weight excluding hydrogens is 220 g/mol. The Morgan fingerprint density at radius 1 is 1.47 bits per heavy atom. The summed E-state index contributed by atoms with van der Waals surface area (Å²) in [5, 5.41) is 25.6. The predicted molar refractivity (Wildman–Crippen MR) is 64.8 cm³/mol. The zero-order chi connectivity index (χ0) is 12.7. The zero-order valence-electron chi connectivity index (χ0n) is 9.56. The van der Waals surface area contributed by atoms with Gasteiger partial charge in [0.1, 0.15) is 6.07 Å². The summed E-state index contributed by atoms with van der Waals surface area (Å²) in [4.78, 5) is 10.0. The fraction of sp³-hybridized carbons (Fsp3) is 0.364. The number of nitriles is 1. The highest BCUT2D eigenvalue weighted by atomic mass is 16.6. The number of nitrogens with zero attached hydrogens (tertiary/aromatic N) is 2. The van der Waals surface area contributed by atoms with E-state index in [4.69, 9.17) is 5.26 Å². The molecule has 0 saturated carbocycles. The zero-order valence-corrected chi connectivity index (χ0v) is 9.56. The molecular formula is C11H14N4O2. The van der Waals surface area contributed by atoms with Gasteiger partial charge in [-0.2, -0.15) is 5.26 Å². The first kappa shape index (κ1) is 12.9. The number of anilines is 1. The molecule has 2 N–H and O–H groups in total. The van der Waals surface area contributed by atoms with Crippen LogP contribution in [-0.4, -0.2) is 24.6 Å². The lowest BCUT2D eigenvalue weighted by atomic mass is 10.1. The first-order chi connectivity index (χ1) is 8.19. The number of hydrogen-bond acceptors (Lipinski definition) is 5. The number of hydrogen-bond donors (Lipinski definition) is 2. The van der Waals surface area contributed by atoms with Crippen molar-refractivity contribution < 1.29 is 4.92 Å². The van der Waals surface area contributed by atoms with Gasteiger partial charge in [-0.1, -0.05) is 6.92 Å². The SMILES string of the molecule is CCNCCNc1ccc([N+](=O)[O-])cc1C#N. The van der Waals surface area contributed by atoms with Gasteiger partial charge < -0.3 is 10.6 Å². The van der Waals surface area contributed by atoms with Crippen molar-refractivity contribution in [1.29, 1.82) is 5.26 Å². The van der Waals surface area contributed by atoms with Crippen molar-refractivity contribution in [3.8, 4) is 6.07 Å². The molecule has 0 fully saturated rings. The molecule has 6 heteroatoms. The Morgan fingerprint density at radius 3 is 2.82 bits per heavy atom. The smallest absolute Gasteiger partial charge is 0.270 e. The molecule has 0 spiro atoms. The Bertz CT molecular complexity index is 440. The lowest BCUT2D eigenvalue weighted by Gasteiger charge is -2.08. The number of non-ortho nitro benzene ring substituents is 1. The van der Waals surface area contributed by atoms with Gasteiger partial charge in [-0.15, -0.1) is 0 Å². The molecule has 0 aromatic heterocycles. The molecule has 0 aliphatic carbocycles. The van der Waals surface area contributed by atoms with Gasteiger partial charge >= 0.3 is 0 Å². The molecule has 0 amide bonds. The molecule has 17 heavy (non-hydrogen) atoms. The van der Waals surface area contributed by atoms with E-state index in [0.717, 1.165) is 13.1 Å². The van der Waals surface area contributed by atoms with Crippen molar-refractivity contribution in [3.63, 3.8) is 0 Å². The first-order valence-corrected chi connectivity index (χ1v) is 5.32. The molecule has 0 unspecified atom stereocenters. The van der Waals surface area contributed by atoms with Crippen LogP contribution in [-0.2, 0) is 0 Å². The van der Waals surface area contributed by atoms with Crippen LogP contribution < -0.4 is 10.6 Å². The van der Waals surface area contributed by atoms with Gasteiger partial charge in [0.15, 0.2) is 0 Å². The maximum Gasteiger partial charge on any atom is 0.270 e. The van der Waals surface area contributed by atoms with Gasteiger partial charge in [-0.25, -0.2) is 0 Å². The molecule has 0 bridgehead atoms. The van der Waals surface area contributed by atoms with Crippen LogP contribution in [0.25, 0.3) is 0 Å². The van der Waals surface area contributed by atoms with E-state index in [9.17, 15) is 10.1 Å². The molecule has 1 aromatic carbocycles. The summed E-state index contributed by atoms with van der Waals surface area (Å²) in [5.41, 5.74) is 0.838. The van der Waals surface area contributed by atoms with Crippen molar-refractivity contribution in [3.05, 3.63) is 33.9 Å². The number of nitrogens with one attached hydrogen (secondary N) is 2. The Labute approximate surface area is 99.4 Å². The number of likely N-dealkylation sites (N-methyl/N-ethyl adjacent to an activating group) is 1. The topological polar surface area (TPSA) is 91.0 Å². The third-order valence-corrected chi connectivity index (χ3v) is 2.20. The summed E-state index contributed by atoms with van der Waals surface area (Å²) in [6.07, 6.45) is 0. The number of rotatable bonds is 6. The molecule has 0 radical (unpaired) electrons. The van der Waals surface area contributed by atoms with Crippen LogP contribution in [0.3, 0.4) is 0 Å². The normalized spacial score (nSPS) is 9.65. The second-order valence-electron chi connectivity index (χ2n) is 3.38. The number of nitro benzene ring substituents is 1. The quantitative estimate of drug-likeness (QED) is 0.442. The summed E-state index contributed by atoms with van der Waals surface area (Å²) in [7, 11) is 0. The molecule has 0 aliphatic heterocycles. The number of nitro groups is 1. The highest BCUT2D eigenvalue weighted by Crippen LogP contribution is 2.20. The second kappa shape index (κ2) is 6.45. The van der Waals surface area contributed by atoms with E-state index in [2.05, 4.69) is 10.6 Å². The maximum absolute atomic E-state index is 10.5. The van der Waals surface area contributed by atoms with E-state index in [-0.39, 0.29) is 11.3 Å². The van der Waals surface area contributed by atoms with Gasteiger partial charge in [0, 0.05) is 25.2 Å². The van der Waals surface area contributed by atoms with Gasteiger partial charge in [-0.05, 0) is 12.6 Å². The Kier molecular flexibility index (Phi) is 4.91. The molecule has 0 atom stereocenters. The number of benzene rings is 1. The van der Waals surface area contributed by atoms with Crippen LogP contribution in [0.4, 0.5) is 11.4 Å². The summed E-state index contributed by atoms with van der Waals surface area (Å²) >= 11 is 0. The van der Waals surface area contributed by atoms with E-state index < -0.39 is 4.92 Å². The molecule has 0 aliphatic rings. The monoisotopic (exact) mass is 234 g/mol. The Balaban J connectivity index is 2.73. The second-order valence-corrected chi connectivity index (χ2v) is 3.38. The standard InChI is InChI=1S/C11H14N4O2/c1-2-13-5-6-14-11-4-3-10(15(16)17)7-9(11)8-12/h3-4,7,13-14H,2,5-6H2,1H3. The summed E-state index contributed by atoms with van der Waals surface area (Å²) in [5.74, 6) is 0. The van der Waals surface area contributed by atoms with Gasteiger partial charge in [0.05, 0.1) is 16.2 Å². The van der Waals surface area contributed by atoms with E-state index >= 15 is 0 Å². The summed E-state index contributed by atoms with van der Waals surface area (Å²) in [6, 6.07) is 6.16. The molecule has 0 heterocycles. The van der Waals surface area contributed by atoms with Crippen LogP contribution in [0.5, 0.6) is 0 Å². The van der Waals surface area contributed by atoms with E-state index in [1.165, 1.54) is 12.1 Å². The minimum absolute atomic E-state index is 0.0706. The fourth-order valence-corrected chi connectivity index (χ4v) is 1.35. The third-order valence-electron chi connectivity index (χ3n) is 2.20. The lowest BCUT2D eigenvalue weighted by molar-refractivity contribution is -0.384. The summed E-state index contributed by atoms with van der Waals surface area (Å²) < 4.78 is 0. The van der Waals surface area contributed by atoms with E-state index in [1.807, 2.05) is 13.0 Å². The Morgan fingerprint density at radius 2 is 2.24 bits per heavy atom. The third kappa shape index (κ3) is 3.74. The first-order valence-electron chi connectivity index (χ1n) is 5.32. The van der Waals surface area contributed by atoms with E-state index in [0.29, 0.717) is 12.2 Å². The molecule has 0 saturated heterocycles. The van der Waals surface area contributed by atoms with E-state index in [1.54, 1.807) is 6.07 Å². The van der Waals surface area contributed by atoms with Crippen molar-refractivity contribution in [2.75, 3.05) is 25.0 Å². The van der Waals surface area contributed by atoms with Crippen molar-refractivity contribution in [2.24, 2.45) is 0 Å². The average Bonchev–Trinajstić information content (AvgIpc) is 2.34. The van der Waals surface area contributed by atoms with Crippen LogP contribution in [0.1, 0.15) is 12.5 Å². The van der Waals surface area contributed by atoms with Gasteiger partial charge in [-0.3, -0.25) is 10.1 Å². The molecule has 1 rings (SSSR count). The largest absolute Gasteiger partial charge is 0.383 e. The van der Waals surface area contributed by atoms with Crippen molar-refractivity contribution in [2.45, 2.75) is 6.92 Å².